The number of rotatable bonds is 7. The van der Waals surface area contributed by atoms with Crippen LogP contribution in [0.5, 0.6) is 5.75 Å². The Morgan fingerprint density at radius 1 is 1.10 bits per heavy atom. The topological polar surface area (TPSA) is 55.8 Å². The Morgan fingerprint density at radius 3 is 2.45 bits per heavy atom. The van der Waals surface area contributed by atoms with Crippen LogP contribution in [-0.2, 0) is 15.7 Å². The number of ether oxygens (including phenoxy) is 2. The van der Waals surface area contributed by atoms with E-state index in [9.17, 15) is 18.0 Å². The number of benzene rings is 2. The number of allylic oxidation sites excluding steroid dienone is 2. The zero-order chi connectivity index (χ0) is 22.3. The maximum absolute atomic E-state index is 12.9. The SMILES string of the molecule is O=C(O)C=CC=C(c1ccc(C(F)(F)F)cc1)c1cccc(OCC2CCOCC2)c1. The molecule has 0 radical (unpaired) electrons. The van der Waals surface area contributed by atoms with Crippen molar-refractivity contribution in [2.24, 2.45) is 5.92 Å². The Balaban J connectivity index is 1.86. The molecule has 1 heterocycles. The number of hydrogen-bond acceptors (Lipinski definition) is 3. The third kappa shape index (κ3) is 6.72. The molecular weight excluding hydrogens is 409 g/mol. The molecule has 0 atom stereocenters. The molecule has 1 aliphatic heterocycles. The number of halogens is 3. The highest BCUT2D eigenvalue weighted by Gasteiger charge is 2.30. The number of alkyl halides is 3. The summed E-state index contributed by atoms with van der Waals surface area (Å²) >= 11 is 0. The largest absolute Gasteiger partial charge is 0.493 e. The van der Waals surface area contributed by atoms with E-state index in [2.05, 4.69) is 0 Å². The minimum Gasteiger partial charge on any atom is -0.493 e. The Labute approximate surface area is 178 Å². The van der Waals surface area contributed by atoms with E-state index >= 15 is 0 Å². The summed E-state index contributed by atoms with van der Waals surface area (Å²) in [5.41, 5.74) is 1.08. The third-order valence-electron chi connectivity index (χ3n) is 5.00. The molecule has 164 valence electrons. The van der Waals surface area contributed by atoms with E-state index in [1.165, 1.54) is 18.2 Å². The van der Waals surface area contributed by atoms with Crippen LogP contribution in [0.15, 0.2) is 66.8 Å². The summed E-state index contributed by atoms with van der Waals surface area (Å²) in [4.78, 5) is 10.8. The lowest BCUT2D eigenvalue weighted by Gasteiger charge is -2.22. The summed E-state index contributed by atoms with van der Waals surface area (Å²) in [6.45, 7) is 2.01. The van der Waals surface area contributed by atoms with E-state index in [1.807, 2.05) is 6.07 Å². The average Bonchev–Trinajstić information content (AvgIpc) is 2.76. The maximum Gasteiger partial charge on any atom is 0.416 e. The lowest BCUT2D eigenvalue weighted by molar-refractivity contribution is -0.137. The lowest BCUT2D eigenvalue weighted by Crippen LogP contribution is -2.21. The van der Waals surface area contributed by atoms with Gasteiger partial charge in [-0.05, 0) is 59.7 Å². The summed E-state index contributed by atoms with van der Waals surface area (Å²) in [5.74, 6) is -0.0542. The number of carboxylic acid groups (broad SMARTS) is 1. The third-order valence-corrected chi connectivity index (χ3v) is 5.00. The second-order valence-electron chi connectivity index (χ2n) is 7.25. The van der Waals surface area contributed by atoms with Gasteiger partial charge in [-0.2, -0.15) is 13.2 Å². The van der Waals surface area contributed by atoms with Gasteiger partial charge in [-0.25, -0.2) is 4.79 Å². The molecule has 1 N–H and O–H groups in total. The van der Waals surface area contributed by atoms with Gasteiger partial charge in [-0.15, -0.1) is 0 Å². The van der Waals surface area contributed by atoms with Gasteiger partial charge in [0.05, 0.1) is 12.2 Å². The highest BCUT2D eigenvalue weighted by atomic mass is 19.4. The van der Waals surface area contributed by atoms with Gasteiger partial charge in [-0.1, -0.05) is 36.4 Å². The predicted octanol–water partition coefficient (Wildman–Crippen LogP) is 5.58. The first-order chi connectivity index (χ1) is 14.8. The van der Waals surface area contributed by atoms with Crippen molar-refractivity contribution in [2.45, 2.75) is 19.0 Å². The van der Waals surface area contributed by atoms with Crippen LogP contribution in [0.1, 0.15) is 29.5 Å². The van der Waals surface area contributed by atoms with Gasteiger partial charge < -0.3 is 14.6 Å². The smallest absolute Gasteiger partial charge is 0.416 e. The Hall–Kier alpha value is -3.06. The van der Waals surface area contributed by atoms with E-state index in [0.29, 0.717) is 35.0 Å². The summed E-state index contributed by atoms with van der Waals surface area (Å²) in [6.07, 6.45) is 1.34. The molecule has 0 amide bonds. The zero-order valence-electron chi connectivity index (χ0n) is 16.8. The molecule has 0 aliphatic carbocycles. The minimum absolute atomic E-state index is 0.417. The Bertz CT molecular complexity index is 940. The fraction of sp³-hybridized carbons (Fsp3) is 0.292. The Morgan fingerprint density at radius 2 is 1.81 bits per heavy atom. The molecule has 1 aliphatic rings. The molecule has 0 spiro atoms. The van der Waals surface area contributed by atoms with Gasteiger partial charge in [0.25, 0.3) is 0 Å². The van der Waals surface area contributed by atoms with Crippen LogP contribution < -0.4 is 4.74 Å². The number of hydrogen-bond donors (Lipinski definition) is 1. The van der Waals surface area contributed by atoms with E-state index in [-0.39, 0.29) is 0 Å². The second kappa shape index (κ2) is 10.3. The molecule has 3 rings (SSSR count). The first-order valence-corrected chi connectivity index (χ1v) is 9.93. The molecule has 1 saturated heterocycles. The molecule has 0 unspecified atom stereocenters. The molecule has 4 nitrogen and oxygen atoms in total. The van der Waals surface area contributed by atoms with Crippen molar-refractivity contribution in [3.05, 3.63) is 83.4 Å². The van der Waals surface area contributed by atoms with E-state index in [0.717, 1.165) is 44.3 Å². The summed E-state index contributed by atoms with van der Waals surface area (Å²) in [7, 11) is 0. The van der Waals surface area contributed by atoms with Crippen LogP contribution in [0, 0.1) is 5.92 Å². The van der Waals surface area contributed by atoms with Crippen LogP contribution in [0.4, 0.5) is 13.2 Å². The number of aliphatic carboxylic acids is 1. The molecule has 2 aromatic rings. The zero-order valence-corrected chi connectivity index (χ0v) is 16.8. The monoisotopic (exact) mass is 432 g/mol. The van der Waals surface area contributed by atoms with Gasteiger partial charge >= 0.3 is 12.1 Å². The van der Waals surface area contributed by atoms with Crippen LogP contribution in [0.25, 0.3) is 5.57 Å². The molecule has 2 aromatic carbocycles. The van der Waals surface area contributed by atoms with Crippen molar-refractivity contribution in [1.29, 1.82) is 0 Å². The summed E-state index contributed by atoms with van der Waals surface area (Å²) in [6, 6.07) is 12.0. The molecule has 1 fully saturated rings. The number of carboxylic acids is 1. The predicted molar refractivity (Wildman–Crippen MR) is 111 cm³/mol. The van der Waals surface area contributed by atoms with Crippen molar-refractivity contribution >= 4 is 11.5 Å². The lowest BCUT2D eigenvalue weighted by atomic mass is 9.96. The van der Waals surface area contributed by atoms with Gasteiger partial charge in [-0.3, -0.25) is 0 Å². The number of carbonyl (C=O) groups is 1. The first kappa shape index (κ1) is 22.6. The quantitative estimate of drug-likeness (QED) is 0.458. The molecule has 7 heteroatoms. The molecular formula is C24H23F3O4. The van der Waals surface area contributed by atoms with Crippen molar-refractivity contribution in [3.8, 4) is 5.75 Å². The first-order valence-electron chi connectivity index (χ1n) is 9.93. The minimum atomic E-state index is -4.43. The summed E-state index contributed by atoms with van der Waals surface area (Å²) in [5, 5.41) is 8.86. The molecule has 0 saturated carbocycles. The highest BCUT2D eigenvalue weighted by Crippen LogP contribution is 2.32. The molecule has 0 aromatic heterocycles. The van der Waals surface area contributed by atoms with Crippen molar-refractivity contribution in [2.75, 3.05) is 19.8 Å². The van der Waals surface area contributed by atoms with E-state index in [4.69, 9.17) is 14.6 Å². The van der Waals surface area contributed by atoms with Gasteiger partial charge in [0.2, 0.25) is 0 Å². The van der Waals surface area contributed by atoms with Gasteiger partial charge in [0, 0.05) is 19.3 Å². The standard InChI is InChI=1S/C24H23F3O4/c25-24(26,27)20-9-7-18(8-10-20)22(5-2-6-23(28)29)19-3-1-4-21(15-19)31-16-17-11-13-30-14-12-17/h1-10,15,17H,11-14,16H2,(H,28,29). The normalized spacial score (nSPS) is 15.9. The molecule has 0 bridgehead atoms. The second-order valence-corrected chi connectivity index (χ2v) is 7.25. The fourth-order valence-electron chi connectivity index (χ4n) is 3.31. The van der Waals surface area contributed by atoms with E-state index < -0.39 is 17.7 Å². The van der Waals surface area contributed by atoms with E-state index in [1.54, 1.807) is 24.3 Å². The van der Waals surface area contributed by atoms with Crippen molar-refractivity contribution in [3.63, 3.8) is 0 Å². The summed E-state index contributed by atoms with van der Waals surface area (Å²) < 4.78 is 50.0. The Kier molecular flexibility index (Phi) is 7.52. The van der Waals surface area contributed by atoms with Crippen LogP contribution in [0.3, 0.4) is 0 Å². The molecule has 31 heavy (non-hydrogen) atoms. The van der Waals surface area contributed by atoms with Crippen LogP contribution in [-0.4, -0.2) is 30.9 Å². The highest BCUT2D eigenvalue weighted by molar-refractivity contribution is 5.84. The van der Waals surface area contributed by atoms with Crippen molar-refractivity contribution in [1.82, 2.24) is 0 Å². The van der Waals surface area contributed by atoms with Crippen LogP contribution in [0.2, 0.25) is 0 Å². The van der Waals surface area contributed by atoms with Gasteiger partial charge in [0.15, 0.2) is 0 Å². The van der Waals surface area contributed by atoms with Crippen LogP contribution >= 0.6 is 0 Å². The van der Waals surface area contributed by atoms with Crippen molar-refractivity contribution < 1.29 is 32.5 Å². The fourth-order valence-corrected chi connectivity index (χ4v) is 3.31. The maximum atomic E-state index is 12.9. The average molecular weight is 432 g/mol. The van der Waals surface area contributed by atoms with Gasteiger partial charge in [0.1, 0.15) is 5.75 Å².